The van der Waals surface area contributed by atoms with Crippen LogP contribution >= 0.6 is 34.8 Å². The summed E-state index contributed by atoms with van der Waals surface area (Å²) in [5.74, 6) is -0.317. The highest BCUT2D eigenvalue weighted by atomic mass is 127. The van der Waals surface area contributed by atoms with Crippen molar-refractivity contribution in [3.8, 4) is 5.88 Å². The summed E-state index contributed by atoms with van der Waals surface area (Å²) in [6.07, 6.45) is 2.73. The van der Waals surface area contributed by atoms with E-state index >= 15 is 0 Å². The topological polar surface area (TPSA) is 122 Å². The Labute approximate surface area is 197 Å². The zero-order valence-electron chi connectivity index (χ0n) is 16.0. The van der Waals surface area contributed by atoms with Crippen LogP contribution in [0.5, 0.6) is 5.88 Å². The fraction of sp³-hybridized carbons (Fsp3) is 0.0526. The smallest absolute Gasteiger partial charge is 0.263 e. The van der Waals surface area contributed by atoms with Gasteiger partial charge >= 0.3 is 0 Å². The molecular formula is C19H16IN5O4S2. The van der Waals surface area contributed by atoms with E-state index in [0.717, 1.165) is 3.57 Å². The summed E-state index contributed by atoms with van der Waals surface area (Å²) >= 11 is 7.28. The maximum atomic E-state index is 12.6. The van der Waals surface area contributed by atoms with E-state index in [0.29, 0.717) is 11.3 Å². The van der Waals surface area contributed by atoms with Crippen LogP contribution in [0.2, 0.25) is 0 Å². The molecule has 12 heteroatoms. The molecule has 0 aliphatic heterocycles. The normalized spacial score (nSPS) is 10.8. The quantitative estimate of drug-likeness (QED) is 0.306. The van der Waals surface area contributed by atoms with Gasteiger partial charge in [-0.3, -0.25) is 14.8 Å². The summed E-state index contributed by atoms with van der Waals surface area (Å²) in [4.78, 5) is 20.1. The second-order valence-corrected chi connectivity index (χ2v) is 9.30. The standard InChI is InChI=1S/C19H16IN5O4S2/c1-29-18-16(21-9-10-22-18)25-31(27,28)15-7-5-14(6-8-15)23-19(30)24-17(26)12-3-2-4-13(20)11-12/h2-11H,1H3,(H,21,25)(H2,23,24,26,30). The fourth-order valence-electron chi connectivity index (χ4n) is 2.42. The van der Waals surface area contributed by atoms with Crippen LogP contribution in [0.3, 0.4) is 0 Å². The van der Waals surface area contributed by atoms with Crippen molar-refractivity contribution in [3.05, 3.63) is 70.1 Å². The number of amides is 1. The maximum absolute atomic E-state index is 12.6. The minimum Gasteiger partial charge on any atom is -0.478 e. The zero-order chi connectivity index (χ0) is 22.4. The predicted octanol–water partition coefficient (Wildman–Crippen LogP) is 3.02. The van der Waals surface area contributed by atoms with Gasteiger partial charge in [-0.2, -0.15) is 0 Å². The number of halogens is 1. The molecule has 0 saturated heterocycles. The molecule has 1 heterocycles. The van der Waals surface area contributed by atoms with E-state index in [9.17, 15) is 13.2 Å². The van der Waals surface area contributed by atoms with Crippen LogP contribution < -0.4 is 20.1 Å². The van der Waals surface area contributed by atoms with E-state index in [-0.39, 0.29) is 27.6 Å². The van der Waals surface area contributed by atoms with Gasteiger partial charge in [0, 0.05) is 27.2 Å². The number of sulfonamides is 1. The zero-order valence-corrected chi connectivity index (χ0v) is 19.8. The lowest BCUT2D eigenvalue weighted by atomic mass is 10.2. The van der Waals surface area contributed by atoms with Crippen molar-refractivity contribution < 1.29 is 17.9 Å². The third kappa shape index (κ3) is 6.08. The van der Waals surface area contributed by atoms with Gasteiger partial charge in [0.05, 0.1) is 12.0 Å². The number of aromatic nitrogens is 2. The Morgan fingerprint density at radius 1 is 1.10 bits per heavy atom. The highest BCUT2D eigenvalue weighted by molar-refractivity contribution is 14.1. The molecule has 0 aliphatic rings. The Morgan fingerprint density at radius 3 is 2.48 bits per heavy atom. The summed E-state index contributed by atoms with van der Waals surface area (Å²) in [6, 6.07) is 12.9. The van der Waals surface area contributed by atoms with Gasteiger partial charge in [0.15, 0.2) is 5.11 Å². The number of carbonyl (C=O) groups excluding carboxylic acids is 1. The lowest BCUT2D eigenvalue weighted by Gasteiger charge is -2.12. The van der Waals surface area contributed by atoms with Crippen molar-refractivity contribution in [2.75, 3.05) is 17.1 Å². The average Bonchev–Trinajstić information content (AvgIpc) is 2.74. The number of hydrogen-bond acceptors (Lipinski definition) is 7. The summed E-state index contributed by atoms with van der Waals surface area (Å²) in [6.45, 7) is 0. The monoisotopic (exact) mass is 569 g/mol. The van der Waals surface area contributed by atoms with Crippen LogP contribution in [0.1, 0.15) is 10.4 Å². The number of anilines is 2. The number of hydrogen-bond donors (Lipinski definition) is 3. The van der Waals surface area contributed by atoms with E-state index in [2.05, 4.69) is 47.9 Å². The Bertz CT molecular complexity index is 1220. The van der Waals surface area contributed by atoms with Crippen LogP contribution in [-0.4, -0.2) is 36.5 Å². The first-order valence-corrected chi connectivity index (χ1v) is 11.6. The molecule has 0 atom stereocenters. The number of rotatable bonds is 6. The number of methoxy groups -OCH3 is 1. The molecular weight excluding hydrogens is 553 g/mol. The van der Waals surface area contributed by atoms with E-state index in [4.69, 9.17) is 17.0 Å². The van der Waals surface area contributed by atoms with Crippen LogP contribution in [0.4, 0.5) is 11.5 Å². The molecule has 1 aromatic heterocycles. The first-order chi connectivity index (χ1) is 14.8. The third-order valence-electron chi connectivity index (χ3n) is 3.83. The van der Waals surface area contributed by atoms with Crippen molar-refractivity contribution in [1.29, 1.82) is 0 Å². The molecule has 3 aromatic rings. The van der Waals surface area contributed by atoms with Gasteiger partial charge in [-0.25, -0.2) is 18.4 Å². The maximum Gasteiger partial charge on any atom is 0.263 e. The number of carbonyl (C=O) groups is 1. The molecule has 2 aromatic carbocycles. The predicted molar refractivity (Wildman–Crippen MR) is 129 cm³/mol. The van der Waals surface area contributed by atoms with Crippen molar-refractivity contribution in [1.82, 2.24) is 15.3 Å². The van der Waals surface area contributed by atoms with Crippen LogP contribution in [0, 0.1) is 3.57 Å². The number of benzene rings is 2. The van der Waals surface area contributed by atoms with Crippen molar-refractivity contribution in [2.45, 2.75) is 4.90 Å². The second-order valence-electron chi connectivity index (χ2n) is 5.96. The Balaban J connectivity index is 1.65. The molecule has 160 valence electrons. The molecule has 9 nitrogen and oxygen atoms in total. The van der Waals surface area contributed by atoms with Gasteiger partial charge in [-0.1, -0.05) is 6.07 Å². The molecule has 3 N–H and O–H groups in total. The van der Waals surface area contributed by atoms with Crippen LogP contribution in [0.25, 0.3) is 0 Å². The van der Waals surface area contributed by atoms with Gasteiger partial charge in [-0.15, -0.1) is 0 Å². The van der Waals surface area contributed by atoms with Crippen LogP contribution in [-0.2, 0) is 10.0 Å². The number of nitrogens with zero attached hydrogens (tertiary/aromatic N) is 2. The molecule has 0 spiro atoms. The molecule has 0 bridgehead atoms. The molecule has 1 amide bonds. The minimum atomic E-state index is -3.91. The summed E-state index contributed by atoms with van der Waals surface area (Å²) in [5.41, 5.74) is 0.979. The van der Waals surface area contributed by atoms with Gasteiger partial charge in [0.2, 0.25) is 5.82 Å². The Hall–Kier alpha value is -2.84. The largest absolute Gasteiger partial charge is 0.478 e. The van der Waals surface area contributed by atoms with Gasteiger partial charge in [0.1, 0.15) is 0 Å². The van der Waals surface area contributed by atoms with Gasteiger partial charge < -0.3 is 10.1 Å². The van der Waals surface area contributed by atoms with Crippen molar-refractivity contribution >= 4 is 67.4 Å². The first-order valence-electron chi connectivity index (χ1n) is 8.64. The SMILES string of the molecule is COc1nccnc1NS(=O)(=O)c1ccc(NC(=S)NC(=O)c2cccc(I)c2)cc1. The van der Waals surface area contributed by atoms with E-state index in [1.54, 1.807) is 18.2 Å². The first kappa shape index (κ1) is 22.8. The molecule has 31 heavy (non-hydrogen) atoms. The second kappa shape index (κ2) is 9.98. The summed E-state index contributed by atoms with van der Waals surface area (Å²) in [7, 11) is -2.55. The Kier molecular flexibility index (Phi) is 7.35. The third-order valence-corrected chi connectivity index (χ3v) is 6.06. The lowest BCUT2D eigenvalue weighted by molar-refractivity contribution is 0.0977. The number of thiocarbonyl (C=S) groups is 1. The minimum absolute atomic E-state index is 0.000397. The number of ether oxygens (including phenoxy) is 1. The molecule has 0 aliphatic carbocycles. The summed E-state index contributed by atoms with van der Waals surface area (Å²) < 4.78 is 33.4. The van der Waals surface area contributed by atoms with Crippen molar-refractivity contribution in [2.24, 2.45) is 0 Å². The molecule has 0 saturated carbocycles. The molecule has 3 rings (SSSR count). The van der Waals surface area contributed by atoms with Gasteiger partial charge in [-0.05, 0) is 77.3 Å². The lowest BCUT2D eigenvalue weighted by Crippen LogP contribution is -2.34. The molecule has 0 unspecified atom stereocenters. The highest BCUT2D eigenvalue weighted by Crippen LogP contribution is 2.22. The number of nitrogens with one attached hydrogen (secondary N) is 3. The van der Waals surface area contributed by atoms with E-state index < -0.39 is 10.0 Å². The highest BCUT2D eigenvalue weighted by Gasteiger charge is 2.18. The van der Waals surface area contributed by atoms with Crippen molar-refractivity contribution in [3.63, 3.8) is 0 Å². The Morgan fingerprint density at radius 2 is 1.81 bits per heavy atom. The molecule has 0 radical (unpaired) electrons. The summed E-state index contributed by atoms with van der Waals surface area (Å²) in [5, 5.41) is 5.51. The fourth-order valence-corrected chi connectivity index (χ4v) is 4.18. The average molecular weight is 569 g/mol. The van der Waals surface area contributed by atoms with Gasteiger partial charge in [0.25, 0.3) is 21.8 Å². The molecule has 0 fully saturated rings. The van der Waals surface area contributed by atoms with E-state index in [1.165, 1.54) is 43.8 Å². The van der Waals surface area contributed by atoms with Crippen LogP contribution in [0.15, 0.2) is 65.8 Å². The van der Waals surface area contributed by atoms with E-state index in [1.807, 2.05) is 6.07 Å².